The van der Waals surface area contributed by atoms with E-state index in [2.05, 4.69) is 43.9 Å². The molecule has 0 amide bonds. The summed E-state index contributed by atoms with van der Waals surface area (Å²) in [7, 11) is 0. The van der Waals surface area contributed by atoms with Gasteiger partial charge in [0.25, 0.3) is 0 Å². The maximum absolute atomic E-state index is 6.05. The van der Waals surface area contributed by atoms with E-state index >= 15 is 0 Å². The predicted octanol–water partition coefficient (Wildman–Crippen LogP) is 4.95. The molecule has 1 atom stereocenters. The smallest absolute Gasteiger partial charge is 0.123 e. The molecule has 0 saturated carbocycles. The van der Waals surface area contributed by atoms with Gasteiger partial charge in [0.15, 0.2) is 0 Å². The van der Waals surface area contributed by atoms with Crippen LogP contribution in [-0.4, -0.2) is 6.61 Å². The second-order valence-electron chi connectivity index (χ2n) is 6.11. The zero-order valence-corrected chi connectivity index (χ0v) is 14.0. The highest BCUT2D eigenvalue weighted by Crippen LogP contribution is 2.40. The van der Waals surface area contributed by atoms with E-state index in [1.165, 1.54) is 11.1 Å². The van der Waals surface area contributed by atoms with Gasteiger partial charge in [0, 0.05) is 23.6 Å². The highest BCUT2D eigenvalue weighted by atomic mass is 16.5. The van der Waals surface area contributed by atoms with Crippen molar-refractivity contribution in [1.82, 2.24) is 0 Å². The Kier molecular flexibility index (Phi) is 4.85. The second kappa shape index (κ2) is 7.22. The zero-order valence-electron chi connectivity index (χ0n) is 14.0. The molecule has 1 aromatic carbocycles. The van der Waals surface area contributed by atoms with Crippen LogP contribution in [0.15, 0.2) is 95.8 Å². The standard InChI is InChI=1S/C22H23NO/c1-16-9-4-3-7-14-24-21-13-6-5-11-20(21)22(16)19-12-8-10-18(23)15-17(19)2/h3-9,11-13,15,22H,1,10,14,23H2,2H3/b7-3-,9-4-. The van der Waals surface area contributed by atoms with Crippen LogP contribution in [0, 0.1) is 0 Å². The fourth-order valence-electron chi connectivity index (χ4n) is 3.16. The molecule has 3 rings (SSSR count). The molecule has 0 fully saturated rings. The van der Waals surface area contributed by atoms with E-state index in [4.69, 9.17) is 10.5 Å². The van der Waals surface area contributed by atoms with Crippen molar-refractivity contribution in [1.29, 1.82) is 0 Å². The summed E-state index contributed by atoms with van der Waals surface area (Å²) in [5, 5.41) is 0. The molecule has 0 saturated heterocycles. The molecule has 2 nitrogen and oxygen atoms in total. The largest absolute Gasteiger partial charge is 0.489 e. The Bertz CT molecular complexity index is 790. The van der Waals surface area contributed by atoms with Crippen molar-refractivity contribution in [2.75, 3.05) is 6.61 Å². The number of hydrogen-bond acceptors (Lipinski definition) is 2. The van der Waals surface area contributed by atoms with Gasteiger partial charge in [0.05, 0.1) is 0 Å². The SMILES string of the molecule is C=C1/C=C\C=C/COc2ccccc2C1C1=C(C)C=C(N)CC=C1. The molecular weight excluding hydrogens is 294 g/mol. The van der Waals surface area contributed by atoms with Crippen molar-refractivity contribution in [3.05, 3.63) is 101 Å². The van der Waals surface area contributed by atoms with E-state index in [9.17, 15) is 0 Å². The van der Waals surface area contributed by atoms with Gasteiger partial charge in [-0.1, -0.05) is 55.2 Å². The average molecular weight is 317 g/mol. The van der Waals surface area contributed by atoms with Gasteiger partial charge in [-0.2, -0.15) is 0 Å². The third kappa shape index (κ3) is 3.43. The van der Waals surface area contributed by atoms with Crippen LogP contribution in [-0.2, 0) is 0 Å². The predicted molar refractivity (Wildman–Crippen MR) is 101 cm³/mol. The molecule has 2 heteroatoms. The van der Waals surface area contributed by atoms with Crippen LogP contribution in [0.3, 0.4) is 0 Å². The Labute approximate surface area is 144 Å². The van der Waals surface area contributed by atoms with E-state index in [0.29, 0.717) is 6.61 Å². The van der Waals surface area contributed by atoms with E-state index in [1.807, 2.05) is 36.4 Å². The summed E-state index contributed by atoms with van der Waals surface area (Å²) >= 11 is 0. The minimum atomic E-state index is 0.0438. The normalized spacial score (nSPS) is 23.6. The van der Waals surface area contributed by atoms with E-state index in [0.717, 1.165) is 29.0 Å². The maximum atomic E-state index is 6.05. The summed E-state index contributed by atoms with van der Waals surface area (Å²) < 4.78 is 5.97. The van der Waals surface area contributed by atoms with Crippen molar-refractivity contribution in [3.8, 4) is 5.75 Å². The molecule has 1 aliphatic heterocycles. The molecule has 122 valence electrons. The molecule has 1 aliphatic carbocycles. The van der Waals surface area contributed by atoms with Crippen molar-refractivity contribution >= 4 is 0 Å². The van der Waals surface area contributed by atoms with Crippen molar-refractivity contribution in [2.24, 2.45) is 5.73 Å². The monoisotopic (exact) mass is 317 g/mol. The summed E-state index contributed by atoms with van der Waals surface area (Å²) in [6, 6.07) is 8.20. The maximum Gasteiger partial charge on any atom is 0.123 e. The van der Waals surface area contributed by atoms with Crippen LogP contribution < -0.4 is 10.5 Å². The van der Waals surface area contributed by atoms with Gasteiger partial charge in [-0.3, -0.25) is 0 Å². The highest BCUT2D eigenvalue weighted by molar-refractivity contribution is 5.55. The van der Waals surface area contributed by atoms with E-state index in [1.54, 1.807) is 0 Å². The first-order valence-corrected chi connectivity index (χ1v) is 8.24. The summed E-state index contributed by atoms with van der Waals surface area (Å²) in [4.78, 5) is 0. The van der Waals surface area contributed by atoms with Gasteiger partial charge >= 0.3 is 0 Å². The first-order valence-electron chi connectivity index (χ1n) is 8.24. The summed E-state index contributed by atoms with van der Waals surface area (Å²) in [6.45, 7) is 7.00. The average Bonchev–Trinajstić information content (AvgIpc) is 2.73. The molecule has 1 unspecified atom stereocenters. The van der Waals surface area contributed by atoms with Gasteiger partial charge in [-0.15, -0.1) is 0 Å². The first kappa shape index (κ1) is 16.1. The number of para-hydroxylation sites is 1. The van der Waals surface area contributed by atoms with Crippen LogP contribution in [0.1, 0.15) is 24.8 Å². The highest BCUT2D eigenvalue weighted by Gasteiger charge is 2.23. The van der Waals surface area contributed by atoms with Gasteiger partial charge in [-0.25, -0.2) is 0 Å². The molecule has 1 heterocycles. The molecular formula is C22H23NO. The van der Waals surface area contributed by atoms with Crippen molar-refractivity contribution in [3.63, 3.8) is 0 Å². The summed E-state index contributed by atoms with van der Waals surface area (Å²) in [6.07, 6.45) is 15.2. The van der Waals surface area contributed by atoms with E-state index in [-0.39, 0.29) is 5.92 Å². The lowest BCUT2D eigenvalue weighted by Gasteiger charge is -2.24. The molecule has 0 radical (unpaired) electrons. The quantitative estimate of drug-likeness (QED) is 0.795. The lowest BCUT2D eigenvalue weighted by Crippen LogP contribution is -2.08. The van der Waals surface area contributed by atoms with Gasteiger partial charge < -0.3 is 10.5 Å². The van der Waals surface area contributed by atoms with Crippen molar-refractivity contribution < 1.29 is 4.74 Å². The van der Waals surface area contributed by atoms with Gasteiger partial charge in [-0.05, 0) is 41.9 Å². The van der Waals surface area contributed by atoms with Crippen LogP contribution in [0.25, 0.3) is 0 Å². The van der Waals surface area contributed by atoms with Crippen LogP contribution in [0.2, 0.25) is 0 Å². The number of ether oxygens (including phenoxy) is 1. The van der Waals surface area contributed by atoms with Crippen LogP contribution in [0.5, 0.6) is 5.75 Å². The molecule has 0 bridgehead atoms. The third-order valence-corrected chi connectivity index (χ3v) is 4.31. The first-order chi connectivity index (χ1) is 11.7. The van der Waals surface area contributed by atoms with Gasteiger partial charge in [0.1, 0.15) is 12.4 Å². The van der Waals surface area contributed by atoms with Gasteiger partial charge in [0.2, 0.25) is 0 Å². The molecule has 2 aliphatic rings. The number of rotatable bonds is 1. The Balaban J connectivity index is 2.19. The molecule has 24 heavy (non-hydrogen) atoms. The van der Waals surface area contributed by atoms with E-state index < -0.39 is 0 Å². The Morgan fingerprint density at radius 3 is 2.83 bits per heavy atom. The number of hydrogen-bond donors (Lipinski definition) is 1. The molecule has 2 N–H and O–H groups in total. The number of fused-ring (bicyclic) bond motifs is 1. The molecule has 0 spiro atoms. The minimum absolute atomic E-state index is 0.0438. The summed E-state index contributed by atoms with van der Waals surface area (Å²) in [5.41, 5.74) is 11.5. The number of allylic oxidation sites excluding steroid dienone is 9. The molecule has 0 aromatic heterocycles. The minimum Gasteiger partial charge on any atom is -0.489 e. The van der Waals surface area contributed by atoms with Crippen LogP contribution in [0.4, 0.5) is 0 Å². The fraction of sp³-hybridized carbons (Fsp3) is 0.182. The third-order valence-electron chi connectivity index (χ3n) is 4.31. The summed E-state index contributed by atoms with van der Waals surface area (Å²) in [5.74, 6) is 0.945. The lowest BCUT2D eigenvalue weighted by atomic mass is 9.82. The Hall–Kier alpha value is -2.74. The van der Waals surface area contributed by atoms with Crippen molar-refractivity contribution in [2.45, 2.75) is 19.3 Å². The fourth-order valence-corrected chi connectivity index (χ4v) is 3.16. The number of nitrogens with two attached hydrogens (primary N) is 1. The molecule has 1 aromatic rings. The second-order valence-corrected chi connectivity index (χ2v) is 6.11. The topological polar surface area (TPSA) is 35.2 Å². The van der Waals surface area contributed by atoms with Crippen LogP contribution >= 0.6 is 0 Å². The zero-order chi connectivity index (χ0) is 16.9. The Morgan fingerprint density at radius 2 is 1.96 bits per heavy atom. The number of benzene rings is 1. The lowest BCUT2D eigenvalue weighted by molar-refractivity contribution is 0.358. The Morgan fingerprint density at radius 1 is 1.12 bits per heavy atom.